The molecule has 0 bridgehead atoms. The van der Waals surface area contributed by atoms with Crippen LogP contribution in [0.5, 0.6) is 0 Å². The molecule has 0 aliphatic heterocycles. The summed E-state index contributed by atoms with van der Waals surface area (Å²) >= 11 is 0. The Morgan fingerprint density at radius 2 is 1.92 bits per heavy atom. The summed E-state index contributed by atoms with van der Waals surface area (Å²) in [4.78, 5) is 41.5. The number of unbranched alkanes of at least 4 members (excludes halogenated alkanes) is 2. The molecule has 1 rings (SSSR count). The molecule has 142 valence electrons. The van der Waals surface area contributed by atoms with Crippen LogP contribution in [0.2, 0.25) is 0 Å². The quantitative estimate of drug-likeness (QED) is 0.126. The third-order valence-corrected chi connectivity index (χ3v) is 3.33. The number of amidine groups is 1. The second-order valence-electron chi connectivity index (χ2n) is 5.42. The normalized spacial score (nSPS) is 11.1. The van der Waals surface area contributed by atoms with Gasteiger partial charge in [-0.15, -0.1) is 0 Å². The molecule has 0 radical (unpaired) electrons. The molecule has 0 aliphatic carbocycles. The Morgan fingerprint density at radius 3 is 2.50 bits per heavy atom. The minimum atomic E-state index is -0.570. The number of aromatic nitrogens is 1. The molecule has 10 nitrogen and oxygen atoms in total. The van der Waals surface area contributed by atoms with Gasteiger partial charge in [0.25, 0.3) is 5.69 Å². The predicted octanol–water partition coefficient (Wildman–Crippen LogP) is 1.98. The van der Waals surface area contributed by atoms with E-state index in [2.05, 4.69) is 10.1 Å². The van der Waals surface area contributed by atoms with Gasteiger partial charge in [0.1, 0.15) is 11.9 Å². The van der Waals surface area contributed by atoms with Gasteiger partial charge in [-0.3, -0.25) is 14.9 Å². The summed E-state index contributed by atoms with van der Waals surface area (Å²) in [6.07, 6.45) is 3.35. The molecule has 1 heterocycles. The molecule has 0 aliphatic rings. The highest BCUT2D eigenvalue weighted by Crippen LogP contribution is 2.14. The van der Waals surface area contributed by atoms with Gasteiger partial charge in [-0.25, -0.2) is 9.78 Å². The van der Waals surface area contributed by atoms with Gasteiger partial charge in [-0.1, -0.05) is 11.6 Å². The van der Waals surface area contributed by atoms with Crippen molar-refractivity contribution in [1.82, 2.24) is 4.98 Å². The van der Waals surface area contributed by atoms with Gasteiger partial charge in [-0.05, 0) is 32.3 Å². The zero-order valence-corrected chi connectivity index (χ0v) is 14.8. The van der Waals surface area contributed by atoms with Gasteiger partial charge < -0.3 is 15.3 Å². The fourth-order valence-corrected chi connectivity index (χ4v) is 2.07. The van der Waals surface area contributed by atoms with Gasteiger partial charge in [0, 0.05) is 18.9 Å². The van der Waals surface area contributed by atoms with Gasteiger partial charge in [0.2, 0.25) is 0 Å². The summed E-state index contributed by atoms with van der Waals surface area (Å²) in [6.45, 7) is 3.69. The van der Waals surface area contributed by atoms with Crippen LogP contribution in [0.3, 0.4) is 0 Å². The maximum atomic E-state index is 11.6. The van der Waals surface area contributed by atoms with Gasteiger partial charge in [0.15, 0.2) is 5.84 Å². The summed E-state index contributed by atoms with van der Waals surface area (Å²) in [7, 11) is 0. The Hall–Kier alpha value is -3.04. The average molecular weight is 366 g/mol. The number of aryl methyl sites for hydroxylation is 1. The Balaban J connectivity index is 2.41. The van der Waals surface area contributed by atoms with Crippen molar-refractivity contribution in [3.63, 3.8) is 0 Å². The van der Waals surface area contributed by atoms with Crippen molar-refractivity contribution in [1.29, 1.82) is 0 Å². The Morgan fingerprint density at radius 1 is 1.27 bits per heavy atom. The second kappa shape index (κ2) is 10.7. The molecule has 26 heavy (non-hydrogen) atoms. The molecule has 2 N–H and O–H groups in total. The fourth-order valence-electron chi connectivity index (χ4n) is 2.07. The van der Waals surface area contributed by atoms with E-state index in [-0.39, 0.29) is 29.6 Å². The van der Waals surface area contributed by atoms with Gasteiger partial charge in [-0.2, -0.15) is 0 Å². The number of carbonyl (C=O) groups is 2. The number of ether oxygens (including phenoxy) is 1. The largest absolute Gasteiger partial charge is 0.466 e. The SMILES string of the molecule is CCOC(=O)CCCCCC(=O)O/N=C(\N)c1ncc([N+](=O)[O-])cc1C. The van der Waals surface area contributed by atoms with Crippen molar-refractivity contribution in [3.8, 4) is 0 Å². The number of nitrogens with zero attached hydrogens (tertiary/aromatic N) is 3. The molecule has 0 aromatic carbocycles. The highest BCUT2D eigenvalue weighted by molar-refractivity contribution is 5.97. The van der Waals surface area contributed by atoms with E-state index in [1.54, 1.807) is 13.8 Å². The molecule has 0 saturated carbocycles. The standard InChI is InChI=1S/C16H22N4O6/c1-3-25-13(21)7-5-4-6-8-14(22)26-19-16(17)15-11(2)9-12(10-18-15)20(23)24/h9-10H,3-8H2,1-2H3,(H2,17,19). The van der Waals surface area contributed by atoms with Crippen molar-refractivity contribution in [3.05, 3.63) is 33.6 Å². The first-order valence-corrected chi connectivity index (χ1v) is 8.15. The summed E-state index contributed by atoms with van der Waals surface area (Å²) < 4.78 is 4.80. The van der Waals surface area contributed by atoms with E-state index in [1.807, 2.05) is 0 Å². The molecule has 0 fully saturated rings. The number of carbonyl (C=O) groups excluding carboxylic acids is 2. The third kappa shape index (κ3) is 7.24. The van der Waals surface area contributed by atoms with E-state index in [9.17, 15) is 19.7 Å². The molecule has 0 spiro atoms. The molecular weight excluding hydrogens is 344 g/mol. The molecule has 0 unspecified atom stereocenters. The van der Waals surface area contributed by atoms with E-state index in [0.29, 0.717) is 37.9 Å². The van der Waals surface area contributed by atoms with E-state index in [1.165, 1.54) is 6.07 Å². The first-order valence-electron chi connectivity index (χ1n) is 8.15. The van der Waals surface area contributed by atoms with Crippen molar-refractivity contribution < 1.29 is 24.1 Å². The van der Waals surface area contributed by atoms with Crippen molar-refractivity contribution >= 4 is 23.5 Å². The maximum absolute atomic E-state index is 11.6. The van der Waals surface area contributed by atoms with E-state index >= 15 is 0 Å². The third-order valence-electron chi connectivity index (χ3n) is 3.33. The number of rotatable bonds is 10. The van der Waals surface area contributed by atoms with Crippen LogP contribution in [0.1, 0.15) is 50.3 Å². The smallest absolute Gasteiger partial charge is 0.335 e. The monoisotopic (exact) mass is 366 g/mol. The van der Waals surface area contributed by atoms with Crippen molar-refractivity contribution in [2.24, 2.45) is 10.9 Å². The first kappa shape index (κ1) is 21.0. The van der Waals surface area contributed by atoms with Crippen LogP contribution in [0.4, 0.5) is 5.69 Å². The lowest BCUT2D eigenvalue weighted by Crippen LogP contribution is -2.18. The van der Waals surface area contributed by atoms with Gasteiger partial charge >= 0.3 is 11.9 Å². The Bertz CT molecular complexity index is 689. The summed E-state index contributed by atoms with van der Waals surface area (Å²) in [5.41, 5.74) is 6.18. The minimum Gasteiger partial charge on any atom is -0.466 e. The van der Waals surface area contributed by atoms with E-state index in [0.717, 1.165) is 6.20 Å². The number of nitrogens with two attached hydrogens (primary N) is 1. The van der Waals surface area contributed by atoms with Crippen LogP contribution in [0.25, 0.3) is 0 Å². The lowest BCUT2D eigenvalue weighted by molar-refractivity contribution is -0.385. The highest BCUT2D eigenvalue weighted by atomic mass is 16.7. The predicted molar refractivity (Wildman–Crippen MR) is 92.2 cm³/mol. The minimum absolute atomic E-state index is 0.131. The van der Waals surface area contributed by atoms with E-state index in [4.69, 9.17) is 15.3 Å². The van der Waals surface area contributed by atoms with Crippen LogP contribution in [-0.2, 0) is 19.2 Å². The number of pyridine rings is 1. The Kier molecular flexibility index (Phi) is 8.68. The maximum Gasteiger partial charge on any atom is 0.335 e. The highest BCUT2D eigenvalue weighted by Gasteiger charge is 2.13. The number of hydrogen-bond donors (Lipinski definition) is 1. The molecule has 0 atom stereocenters. The van der Waals surface area contributed by atoms with Crippen LogP contribution >= 0.6 is 0 Å². The molecular formula is C16H22N4O6. The number of esters is 1. The lowest BCUT2D eigenvalue weighted by Gasteiger charge is -2.04. The van der Waals surface area contributed by atoms with Crippen molar-refractivity contribution in [2.75, 3.05) is 6.61 Å². The summed E-state index contributed by atoms with van der Waals surface area (Å²) in [6, 6.07) is 1.30. The lowest BCUT2D eigenvalue weighted by atomic mass is 10.1. The van der Waals surface area contributed by atoms with Crippen LogP contribution in [0, 0.1) is 17.0 Å². The van der Waals surface area contributed by atoms with Crippen LogP contribution in [0.15, 0.2) is 17.4 Å². The summed E-state index contributed by atoms with van der Waals surface area (Å²) in [5, 5.41) is 14.2. The van der Waals surface area contributed by atoms with Crippen LogP contribution in [-0.4, -0.2) is 34.3 Å². The zero-order chi connectivity index (χ0) is 19.5. The fraction of sp³-hybridized carbons (Fsp3) is 0.500. The van der Waals surface area contributed by atoms with Crippen LogP contribution < -0.4 is 5.73 Å². The Labute approximate surface area is 150 Å². The number of nitro groups is 1. The molecule has 0 amide bonds. The molecule has 1 aromatic rings. The summed E-state index contributed by atoms with van der Waals surface area (Å²) in [5.74, 6) is -0.963. The topological polar surface area (TPSA) is 147 Å². The number of hydrogen-bond acceptors (Lipinski definition) is 8. The molecule has 1 aromatic heterocycles. The average Bonchev–Trinajstić information content (AvgIpc) is 2.59. The first-order chi connectivity index (χ1) is 12.3. The van der Waals surface area contributed by atoms with Gasteiger partial charge in [0.05, 0.1) is 11.5 Å². The van der Waals surface area contributed by atoms with Crippen molar-refractivity contribution in [2.45, 2.75) is 46.0 Å². The van der Waals surface area contributed by atoms with E-state index < -0.39 is 10.9 Å². The number of oxime groups is 1. The molecule has 0 saturated heterocycles. The zero-order valence-electron chi connectivity index (χ0n) is 14.8. The second-order valence-corrected chi connectivity index (χ2v) is 5.42. The molecule has 10 heteroatoms.